The van der Waals surface area contributed by atoms with Gasteiger partial charge in [0.1, 0.15) is 5.82 Å². The molecule has 0 bridgehead atoms. The summed E-state index contributed by atoms with van der Waals surface area (Å²) in [5.74, 6) is -0.199. The predicted octanol–water partition coefficient (Wildman–Crippen LogP) is 3.60. The van der Waals surface area contributed by atoms with E-state index in [1.54, 1.807) is 12.1 Å². The van der Waals surface area contributed by atoms with Crippen LogP contribution in [0.25, 0.3) is 0 Å². The summed E-state index contributed by atoms with van der Waals surface area (Å²) < 4.78 is 0. The molecule has 4 rings (SSSR count). The molecule has 1 unspecified atom stereocenters. The number of thioether (sulfide) groups is 1. The van der Waals surface area contributed by atoms with Crippen LogP contribution in [-0.2, 0) is 4.79 Å². The summed E-state index contributed by atoms with van der Waals surface area (Å²) in [7, 11) is 0. The summed E-state index contributed by atoms with van der Waals surface area (Å²) in [4.78, 5) is 43.9. The SMILES string of the molecule is CSc1nc2c(c(=O)[nH]1)C(c1ccc([N+](=O)[O-])cc1)C1=C(CC(C)(C)CC1=O)N2. The molecule has 0 fully saturated rings. The van der Waals surface area contributed by atoms with Crippen LogP contribution in [0.3, 0.4) is 0 Å². The molecule has 0 saturated carbocycles. The fourth-order valence-corrected chi connectivity index (χ4v) is 4.49. The number of non-ortho nitro benzene ring substituents is 1. The maximum Gasteiger partial charge on any atom is 0.269 e. The molecule has 2 heterocycles. The fourth-order valence-electron chi connectivity index (χ4n) is 4.11. The van der Waals surface area contributed by atoms with Gasteiger partial charge in [0.25, 0.3) is 11.2 Å². The summed E-state index contributed by atoms with van der Waals surface area (Å²) in [6, 6.07) is 6.01. The third kappa shape index (κ3) is 3.35. The molecule has 2 aliphatic rings. The third-order valence-corrected chi connectivity index (χ3v) is 5.91. The maximum absolute atomic E-state index is 13.1. The van der Waals surface area contributed by atoms with Crippen molar-refractivity contribution in [2.75, 3.05) is 11.6 Å². The van der Waals surface area contributed by atoms with E-state index in [9.17, 15) is 19.7 Å². The van der Waals surface area contributed by atoms with E-state index in [0.29, 0.717) is 40.5 Å². The van der Waals surface area contributed by atoms with Crippen molar-refractivity contribution in [2.45, 2.75) is 37.8 Å². The Morgan fingerprint density at radius 2 is 1.90 bits per heavy atom. The van der Waals surface area contributed by atoms with Crippen LogP contribution in [0.4, 0.5) is 11.5 Å². The lowest BCUT2D eigenvalue weighted by atomic mass is 9.69. The molecule has 0 amide bonds. The third-order valence-electron chi connectivity index (χ3n) is 5.33. The van der Waals surface area contributed by atoms with Crippen molar-refractivity contribution in [1.29, 1.82) is 0 Å². The molecule has 1 aromatic carbocycles. The van der Waals surface area contributed by atoms with E-state index >= 15 is 0 Å². The number of hydrogen-bond acceptors (Lipinski definition) is 7. The number of ketones is 1. The molecule has 0 radical (unpaired) electrons. The van der Waals surface area contributed by atoms with Crippen molar-refractivity contribution in [3.63, 3.8) is 0 Å². The molecule has 0 saturated heterocycles. The fraction of sp³-hybridized carbons (Fsp3) is 0.350. The minimum absolute atomic E-state index is 0.0221. The normalized spacial score (nSPS) is 20.0. The van der Waals surface area contributed by atoms with Gasteiger partial charge in [0.2, 0.25) is 0 Å². The minimum atomic E-state index is -0.613. The standard InChI is InChI=1S/C20H20N4O4S/c1-20(2)8-12-15(13(25)9-20)14(10-4-6-11(7-5-10)24(27)28)16-17(21-12)22-19(29-3)23-18(16)26/h4-7,14H,8-9H2,1-3H3,(H2,21,22,23,26). The Morgan fingerprint density at radius 1 is 1.21 bits per heavy atom. The van der Waals surface area contributed by atoms with Gasteiger partial charge >= 0.3 is 0 Å². The maximum atomic E-state index is 13.1. The number of hydrogen-bond donors (Lipinski definition) is 2. The quantitative estimate of drug-likeness (QED) is 0.342. The number of allylic oxidation sites excluding steroid dienone is 2. The lowest BCUT2D eigenvalue weighted by Gasteiger charge is -2.38. The molecule has 2 aromatic rings. The van der Waals surface area contributed by atoms with Crippen LogP contribution in [0.1, 0.15) is 43.7 Å². The number of nitrogens with zero attached hydrogens (tertiary/aromatic N) is 2. The van der Waals surface area contributed by atoms with Crippen LogP contribution in [0, 0.1) is 15.5 Å². The number of H-pyrrole nitrogens is 1. The second-order valence-electron chi connectivity index (χ2n) is 8.08. The lowest BCUT2D eigenvalue weighted by Crippen LogP contribution is -2.37. The number of carbonyl (C=O) groups is 1. The van der Waals surface area contributed by atoms with Gasteiger partial charge < -0.3 is 10.3 Å². The van der Waals surface area contributed by atoms with E-state index in [-0.39, 0.29) is 22.4 Å². The number of aromatic amines is 1. The van der Waals surface area contributed by atoms with Crippen LogP contribution in [-0.4, -0.2) is 26.9 Å². The first-order valence-electron chi connectivity index (χ1n) is 9.16. The number of nitro benzene ring substituents is 1. The number of aromatic nitrogens is 2. The van der Waals surface area contributed by atoms with E-state index in [4.69, 9.17) is 0 Å². The highest BCUT2D eigenvalue weighted by molar-refractivity contribution is 7.98. The molecule has 8 nitrogen and oxygen atoms in total. The van der Waals surface area contributed by atoms with Gasteiger partial charge in [0.15, 0.2) is 10.9 Å². The minimum Gasteiger partial charge on any atom is -0.343 e. The van der Waals surface area contributed by atoms with Crippen LogP contribution in [0.5, 0.6) is 0 Å². The molecule has 29 heavy (non-hydrogen) atoms. The van der Waals surface area contributed by atoms with E-state index in [0.717, 1.165) is 5.70 Å². The smallest absolute Gasteiger partial charge is 0.269 e. The highest BCUT2D eigenvalue weighted by atomic mass is 32.2. The second kappa shape index (κ2) is 6.84. The first kappa shape index (κ1) is 19.4. The van der Waals surface area contributed by atoms with Crippen LogP contribution < -0.4 is 10.9 Å². The lowest BCUT2D eigenvalue weighted by molar-refractivity contribution is -0.384. The number of carbonyl (C=O) groups excluding carboxylic acids is 1. The molecule has 1 aromatic heterocycles. The summed E-state index contributed by atoms with van der Waals surface area (Å²) >= 11 is 1.32. The Labute approximate surface area is 171 Å². The number of benzene rings is 1. The Balaban J connectivity index is 1.95. The van der Waals surface area contributed by atoms with E-state index in [1.165, 1.54) is 23.9 Å². The van der Waals surface area contributed by atoms with Crippen molar-refractivity contribution in [3.05, 3.63) is 67.1 Å². The van der Waals surface area contributed by atoms with Crippen molar-refractivity contribution in [1.82, 2.24) is 9.97 Å². The number of nitro groups is 1. The summed E-state index contributed by atoms with van der Waals surface area (Å²) in [6.07, 6.45) is 2.85. The highest BCUT2D eigenvalue weighted by Crippen LogP contribution is 2.47. The highest BCUT2D eigenvalue weighted by Gasteiger charge is 2.42. The number of Topliss-reactive ketones (excluding diaryl/α,β-unsaturated/α-hetero) is 1. The molecular weight excluding hydrogens is 392 g/mol. The van der Waals surface area contributed by atoms with Gasteiger partial charge in [-0.05, 0) is 23.7 Å². The van der Waals surface area contributed by atoms with Gasteiger partial charge in [-0.25, -0.2) is 4.98 Å². The zero-order chi connectivity index (χ0) is 20.9. The second-order valence-corrected chi connectivity index (χ2v) is 8.87. The van der Waals surface area contributed by atoms with Gasteiger partial charge in [-0.15, -0.1) is 0 Å². The average Bonchev–Trinajstić information content (AvgIpc) is 2.65. The first-order chi connectivity index (χ1) is 13.7. The Kier molecular flexibility index (Phi) is 4.57. The van der Waals surface area contributed by atoms with E-state index in [2.05, 4.69) is 15.3 Å². The molecule has 1 aliphatic heterocycles. The van der Waals surface area contributed by atoms with Crippen molar-refractivity contribution in [2.24, 2.45) is 5.41 Å². The first-order valence-corrected chi connectivity index (χ1v) is 10.4. The topological polar surface area (TPSA) is 118 Å². The van der Waals surface area contributed by atoms with Gasteiger partial charge in [-0.1, -0.05) is 37.7 Å². The molecule has 9 heteroatoms. The molecule has 150 valence electrons. The number of rotatable bonds is 3. The van der Waals surface area contributed by atoms with Gasteiger partial charge in [0.05, 0.1) is 10.5 Å². The van der Waals surface area contributed by atoms with Gasteiger partial charge in [-0.3, -0.25) is 19.7 Å². The molecule has 1 aliphatic carbocycles. The van der Waals surface area contributed by atoms with Crippen LogP contribution in [0.15, 0.2) is 45.5 Å². The summed E-state index contributed by atoms with van der Waals surface area (Å²) in [5.41, 5.74) is 1.77. The zero-order valence-corrected chi connectivity index (χ0v) is 17.1. The van der Waals surface area contributed by atoms with E-state index < -0.39 is 10.8 Å². The molecule has 1 atom stereocenters. The van der Waals surface area contributed by atoms with Crippen LogP contribution in [0.2, 0.25) is 0 Å². The summed E-state index contributed by atoms with van der Waals surface area (Å²) in [5, 5.41) is 14.7. The zero-order valence-electron chi connectivity index (χ0n) is 16.2. The molecule has 2 N–H and O–H groups in total. The van der Waals surface area contributed by atoms with Crippen molar-refractivity contribution >= 4 is 29.1 Å². The Bertz CT molecular complexity index is 1120. The van der Waals surface area contributed by atoms with Crippen LogP contribution >= 0.6 is 11.8 Å². The molecular formula is C20H20N4O4S. The van der Waals surface area contributed by atoms with Crippen molar-refractivity contribution < 1.29 is 9.72 Å². The largest absolute Gasteiger partial charge is 0.343 e. The molecule has 0 spiro atoms. The monoisotopic (exact) mass is 412 g/mol. The Morgan fingerprint density at radius 3 is 2.52 bits per heavy atom. The number of nitrogens with one attached hydrogen (secondary N) is 2. The van der Waals surface area contributed by atoms with Crippen molar-refractivity contribution in [3.8, 4) is 0 Å². The number of anilines is 1. The Hall–Kier alpha value is -2.94. The predicted molar refractivity (Wildman–Crippen MR) is 110 cm³/mol. The summed E-state index contributed by atoms with van der Waals surface area (Å²) in [6.45, 7) is 4.07. The van der Waals surface area contributed by atoms with Gasteiger partial charge in [-0.2, -0.15) is 0 Å². The average molecular weight is 412 g/mol. The number of fused-ring (bicyclic) bond motifs is 1. The van der Waals surface area contributed by atoms with Gasteiger partial charge in [0, 0.05) is 35.7 Å². The van der Waals surface area contributed by atoms with E-state index in [1.807, 2.05) is 20.1 Å².